The van der Waals surface area contributed by atoms with Crippen molar-refractivity contribution >= 4 is 52.6 Å². The molecule has 1 unspecified atom stereocenters. The van der Waals surface area contributed by atoms with Gasteiger partial charge >= 0.3 is 11.9 Å². The SMILES string of the molecule is COC1=C(C(=O)O)N2C(=O)C(NC(=O)C(=NOCC(=O)OC(C)(C)C)c3cscn3)[C@H]2SC1. The van der Waals surface area contributed by atoms with E-state index in [0.717, 1.165) is 4.90 Å². The number of thioether (sulfide) groups is 1. The van der Waals surface area contributed by atoms with Gasteiger partial charge in [0.15, 0.2) is 11.4 Å². The standard InChI is InChI=1S/C19H22N4O8S2/c1-19(2,3)31-11(24)5-30-22-12(9-6-32-8-20-9)15(25)21-13-16(26)23-14(18(27)28)10(29-4)7-33-17(13)23/h6,8,13,17H,5,7H2,1-4H3,(H,21,25)(H,27,28)/t13?,17-/m1/s1. The van der Waals surface area contributed by atoms with Gasteiger partial charge in [0.25, 0.3) is 11.8 Å². The molecule has 3 heterocycles. The Kier molecular flexibility index (Phi) is 7.27. The van der Waals surface area contributed by atoms with Crippen LogP contribution >= 0.6 is 23.1 Å². The van der Waals surface area contributed by atoms with Gasteiger partial charge in [-0.05, 0) is 20.8 Å². The third-order valence-electron chi connectivity index (χ3n) is 4.32. The summed E-state index contributed by atoms with van der Waals surface area (Å²) in [7, 11) is 1.33. The number of esters is 1. The summed E-state index contributed by atoms with van der Waals surface area (Å²) in [5.74, 6) is -2.93. The molecule has 0 aliphatic carbocycles. The number of carbonyl (C=O) groups is 4. The highest BCUT2D eigenvalue weighted by Crippen LogP contribution is 2.40. The average molecular weight is 499 g/mol. The number of aliphatic carboxylic acids is 1. The number of hydrogen-bond donors (Lipinski definition) is 2. The number of thiazole rings is 1. The molecule has 3 rings (SSSR count). The number of ether oxygens (including phenoxy) is 2. The van der Waals surface area contributed by atoms with Gasteiger partial charge in [-0.3, -0.25) is 14.5 Å². The lowest BCUT2D eigenvalue weighted by Crippen LogP contribution is -2.71. The van der Waals surface area contributed by atoms with Crippen molar-refractivity contribution in [2.75, 3.05) is 19.5 Å². The fraction of sp³-hybridized carbons (Fsp3) is 0.474. The fourth-order valence-corrected chi connectivity index (χ4v) is 4.86. The number of methoxy groups -OCH3 is 1. The Bertz CT molecular complexity index is 1020. The Morgan fingerprint density at radius 3 is 2.67 bits per heavy atom. The van der Waals surface area contributed by atoms with Crippen molar-refractivity contribution < 1.29 is 38.6 Å². The van der Waals surface area contributed by atoms with E-state index in [1.165, 1.54) is 35.7 Å². The summed E-state index contributed by atoms with van der Waals surface area (Å²) in [6, 6.07) is -0.982. The van der Waals surface area contributed by atoms with E-state index < -0.39 is 47.4 Å². The number of fused-ring (bicyclic) bond motifs is 1. The number of amides is 2. The molecular formula is C19H22N4O8S2. The van der Waals surface area contributed by atoms with Crippen molar-refractivity contribution in [3.05, 3.63) is 28.0 Å². The van der Waals surface area contributed by atoms with E-state index in [1.54, 1.807) is 26.2 Å². The normalized spacial score (nSPS) is 20.5. The number of carboxylic acids is 1. The minimum absolute atomic E-state index is 0.169. The van der Waals surface area contributed by atoms with Gasteiger partial charge in [-0.25, -0.2) is 14.6 Å². The number of rotatable bonds is 8. The maximum absolute atomic E-state index is 12.9. The molecule has 2 amide bonds. The molecule has 2 aliphatic rings. The first-order valence-electron chi connectivity index (χ1n) is 9.60. The highest BCUT2D eigenvalue weighted by atomic mass is 32.2. The van der Waals surface area contributed by atoms with Crippen LogP contribution in [0.4, 0.5) is 0 Å². The molecule has 12 nitrogen and oxygen atoms in total. The summed E-state index contributed by atoms with van der Waals surface area (Å²) < 4.78 is 10.2. The predicted octanol–water partition coefficient (Wildman–Crippen LogP) is 0.548. The quantitative estimate of drug-likeness (QED) is 0.224. The number of nitrogens with zero attached hydrogens (tertiary/aromatic N) is 3. The van der Waals surface area contributed by atoms with E-state index in [1.807, 2.05) is 0 Å². The molecule has 0 spiro atoms. The molecule has 1 saturated heterocycles. The Morgan fingerprint density at radius 1 is 1.36 bits per heavy atom. The van der Waals surface area contributed by atoms with Crippen molar-refractivity contribution in [2.45, 2.75) is 37.8 Å². The smallest absolute Gasteiger partial charge is 0.356 e. The first-order valence-corrected chi connectivity index (χ1v) is 11.6. The summed E-state index contributed by atoms with van der Waals surface area (Å²) in [6.45, 7) is 4.57. The molecule has 0 saturated carbocycles. The summed E-state index contributed by atoms with van der Waals surface area (Å²) in [6.07, 6.45) is 0. The van der Waals surface area contributed by atoms with Crippen LogP contribution in [0.25, 0.3) is 0 Å². The molecule has 2 atom stereocenters. The zero-order chi connectivity index (χ0) is 24.3. The first kappa shape index (κ1) is 24.5. The highest BCUT2D eigenvalue weighted by molar-refractivity contribution is 8.00. The third kappa shape index (κ3) is 5.45. The molecule has 2 N–H and O–H groups in total. The summed E-state index contributed by atoms with van der Waals surface area (Å²) in [4.78, 5) is 59.1. The lowest BCUT2D eigenvalue weighted by molar-refractivity contribution is -0.160. The second-order valence-electron chi connectivity index (χ2n) is 7.82. The lowest BCUT2D eigenvalue weighted by Gasteiger charge is -2.48. The molecular weight excluding hydrogens is 476 g/mol. The van der Waals surface area contributed by atoms with Gasteiger partial charge in [0.2, 0.25) is 6.61 Å². The monoisotopic (exact) mass is 498 g/mol. The van der Waals surface area contributed by atoms with E-state index in [-0.39, 0.29) is 28.6 Å². The Morgan fingerprint density at radius 2 is 2.09 bits per heavy atom. The molecule has 2 aliphatic heterocycles. The van der Waals surface area contributed by atoms with Gasteiger partial charge in [0.1, 0.15) is 28.5 Å². The Labute approximate surface area is 196 Å². The lowest BCUT2D eigenvalue weighted by atomic mass is 10.0. The highest BCUT2D eigenvalue weighted by Gasteiger charge is 2.55. The molecule has 1 fully saturated rings. The zero-order valence-electron chi connectivity index (χ0n) is 18.2. The minimum Gasteiger partial charge on any atom is -0.498 e. The molecule has 0 aromatic carbocycles. The second-order valence-corrected chi connectivity index (χ2v) is 9.64. The number of carboxylic acid groups (broad SMARTS) is 1. The topological polar surface area (TPSA) is 157 Å². The second kappa shape index (κ2) is 9.79. The molecule has 1 aromatic rings. The fourth-order valence-electron chi connectivity index (χ4n) is 3.01. The average Bonchev–Trinajstić information content (AvgIpc) is 3.26. The molecule has 14 heteroatoms. The van der Waals surface area contributed by atoms with Gasteiger partial charge in [0, 0.05) is 5.38 Å². The van der Waals surface area contributed by atoms with Crippen LogP contribution in [0.15, 0.2) is 27.5 Å². The van der Waals surface area contributed by atoms with Crippen LogP contribution in [-0.4, -0.2) is 80.9 Å². The van der Waals surface area contributed by atoms with Crippen molar-refractivity contribution in [1.82, 2.24) is 15.2 Å². The number of oxime groups is 1. The number of β-lactam (4-membered cyclic amide) rings is 1. The van der Waals surface area contributed by atoms with Gasteiger partial charge in [-0.2, -0.15) is 0 Å². The number of carbonyl (C=O) groups excluding carboxylic acids is 3. The van der Waals surface area contributed by atoms with E-state index in [0.29, 0.717) is 0 Å². The van der Waals surface area contributed by atoms with Gasteiger partial charge in [-0.15, -0.1) is 23.1 Å². The van der Waals surface area contributed by atoms with Crippen molar-refractivity contribution in [3.8, 4) is 0 Å². The molecule has 0 bridgehead atoms. The predicted molar refractivity (Wildman–Crippen MR) is 117 cm³/mol. The van der Waals surface area contributed by atoms with E-state index in [4.69, 9.17) is 14.3 Å². The number of hydrogen-bond acceptors (Lipinski definition) is 11. The minimum atomic E-state index is -1.30. The van der Waals surface area contributed by atoms with Crippen molar-refractivity contribution in [3.63, 3.8) is 0 Å². The molecule has 33 heavy (non-hydrogen) atoms. The Balaban J connectivity index is 1.71. The van der Waals surface area contributed by atoms with Crippen LogP contribution in [0, 0.1) is 0 Å². The first-order chi connectivity index (χ1) is 15.5. The summed E-state index contributed by atoms with van der Waals surface area (Å²) in [5.41, 5.74) is 0.480. The van der Waals surface area contributed by atoms with Gasteiger partial charge in [0.05, 0.1) is 18.4 Å². The maximum Gasteiger partial charge on any atom is 0.356 e. The molecule has 178 valence electrons. The third-order valence-corrected chi connectivity index (χ3v) is 6.16. The van der Waals surface area contributed by atoms with E-state index in [9.17, 15) is 24.3 Å². The number of nitrogens with one attached hydrogen (secondary N) is 1. The largest absolute Gasteiger partial charge is 0.498 e. The number of aromatic nitrogens is 1. The van der Waals surface area contributed by atoms with Crippen LogP contribution in [0.2, 0.25) is 0 Å². The van der Waals surface area contributed by atoms with E-state index >= 15 is 0 Å². The molecule has 1 aromatic heterocycles. The Hall–Kier alpha value is -3.13. The van der Waals surface area contributed by atoms with Crippen LogP contribution in [0.3, 0.4) is 0 Å². The van der Waals surface area contributed by atoms with Gasteiger partial charge < -0.3 is 24.7 Å². The van der Waals surface area contributed by atoms with Gasteiger partial charge in [-0.1, -0.05) is 5.16 Å². The summed E-state index contributed by atoms with van der Waals surface area (Å²) >= 11 is 2.47. The van der Waals surface area contributed by atoms with Crippen LogP contribution in [-0.2, 0) is 33.5 Å². The van der Waals surface area contributed by atoms with E-state index in [2.05, 4.69) is 15.5 Å². The van der Waals surface area contributed by atoms with Crippen molar-refractivity contribution in [1.29, 1.82) is 0 Å². The van der Waals surface area contributed by atoms with Crippen LogP contribution in [0.1, 0.15) is 26.5 Å². The summed E-state index contributed by atoms with van der Waals surface area (Å²) in [5, 5.41) is 16.7. The van der Waals surface area contributed by atoms with Crippen LogP contribution in [0.5, 0.6) is 0 Å². The van der Waals surface area contributed by atoms with Crippen molar-refractivity contribution in [2.24, 2.45) is 5.16 Å². The van der Waals surface area contributed by atoms with Crippen LogP contribution < -0.4 is 5.32 Å². The zero-order valence-corrected chi connectivity index (χ0v) is 19.8. The maximum atomic E-state index is 12.9. The molecule has 0 radical (unpaired) electrons.